The number of halogens is 1. The Kier molecular flexibility index (Phi) is 4.37. The number of carbonyl (C=O) groups is 1. The molecule has 4 heterocycles. The predicted octanol–water partition coefficient (Wildman–Crippen LogP) is 2.60. The van der Waals surface area contributed by atoms with Gasteiger partial charge < -0.3 is 19.1 Å². The summed E-state index contributed by atoms with van der Waals surface area (Å²) in [6.07, 6.45) is 0.254. The van der Waals surface area contributed by atoms with E-state index in [1.54, 1.807) is 17.7 Å². The molecule has 7 nitrogen and oxygen atoms in total. The number of aliphatic hydroxyl groups is 1. The Morgan fingerprint density at radius 2 is 2.10 bits per heavy atom. The molecule has 0 amide bonds. The highest BCUT2D eigenvalue weighted by Crippen LogP contribution is 2.40. The zero-order valence-corrected chi connectivity index (χ0v) is 17.2. The number of alkyl halides is 1. The van der Waals surface area contributed by atoms with Gasteiger partial charge in [0.2, 0.25) is 0 Å². The number of esters is 1. The van der Waals surface area contributed by atoms with Crippen LogP contribution in [0, 0.1) is 0 Å². The molecule has 2 aromatic heterocycles. The Hall–Kier alpha value is -3.26. The molecule has 0 radical (unpaired) electrons. The van der Waals surface area contributed by atoms with Crippen LogP contribution in [-0.4, -0.2) is 34.4 Å². The standard InChI is InChI=1S/C23H21FN2O5/c1-3-13-14-8-12(30-2)4-5-18(14)25-20-15(13)10-26-19(20)9-17-16(21(26)27)11-31-22(28)23(17,29)6-7-24/h4-5,8-9,29H,3,6-7,10-11H2,1-2H3. The smallest absolute Gasteiger partial charge is 0.343 e. The van der Waals surface area contributed by atoms with Crippen LogP contribution in [0.25, 0.3) is 22.3 Å². The molecule has 0 bridgehead atoms. The average Bonchev–Trinajstić information content (AvgIpc) is 3.13. The SMILES string of the molecule is CCc1c2c(nc3ccc(OC)cc13)-c1cc3c(c(=O)n1C2)COC(=O)C3(O)CCF. The molecule has 31 heavy (non-hydrogen) atoms. The molecule has 5 rings (SSSR count). The lowest BCUT2D eigenvalue weighted by atomic mass is 9.85. The number of aromatic nitrogens is 2. The number of hydrogen-bond donors (Lipinski definition) is 1. The summed E-state index contributed by atoms with van der Waals surface area (Å²) < 4.78 is 25.1. The summed E-state index contributed by atoms with van der Waals surface area (Å²) in [5, 5.41) is 11.9. The zero-order valence-electron chi connectivity index (χ0n) is 17.2. The monoisotopic (exact) mass is 424 g/mol. The minimum absolute atomic E-state index is 0.111. The Bertz CT molecular complexity index is 1320. The molecule has 0 saturated heterocycles. The van der Waals surface area contributed by atoms with E-state index in [-0.39, 0.29) is 23.3 Å². The van der Waals surface area contributed by atoms with Crippen molar-refractivity contribution < 1.29 is 23.8 Å². The van der Waals surface area contributed by atoms with Crippen molar-refractivity contribution >= 4 is 16.9 Å². The maximum atomic E-state index is 13.3. The fourth-order valence-electron chi connectivity index (χ4n) is 4.71. The van der Waals surface area contributed by atoms with Crippen molar-refractivity contribution in [2.45, 2.75) is 38.5 Å². The molecule has 1 unspecified atom stereocenters. The number of ether oxygens (including phenoxy) is 2. The van der Waals surface area contributed by atoms with Crippen LogP contribution >= 0.6 is 0 Å². The second-order valence-electron chi connectivity index (χ2n) is 7.84. The number of benzene rings is 1. The lowest BCUT2D eigenvalue weighted by Crippen LogP contribution is -2.45. The van der Waals surface area contributed by atoms with Gasteiger partial charge in [0.1, 0.15) is 12.4 Å². The minimum Gasteiger partial charge on any atom is -0.497 e. The first-order valence-electron chi connectivity index (χ1n) is 10.2. The Morgan fingerprint density at radius 1 is 1.29 bits per heavy atom. The van der Waals surface area contributed by atoms with Crippen LogP contribution in [0.4, 0.5) is 4.39 Å². The molecule has 8 heteroatoms. The highest BCUT2D eigenvalue weighted by Gasteiger charge is 2.46. The Morgan fingerprint density at radius 3 is 2.81 bits per heavy atom. The van der Waals surface area contributed by atoms with Crippen molar-refractivity contribution in [3.05, 3.63) is 56.9 Å². The summed E-state index contributed by atoms with van der Waals surface area (Å²) >= 11 is 0. The number of rotatable bonds is 4. The van der Waals surface area contributed by atoms with Crippen LogP contribution in [0.1, 0.15) is 35.6 Å². The number of fused-ring (bicyclic) bond motifs is 5. The molecular weight excluding hydrogens is 403 g/mol. The van der Waals surface area contributed by atoms with Gasteiger partial charge in [-0.25, -0.2) is 9.78 Å². The van der Waals surface area contributed by atoms with Gasteiger partial charge in [-0.15, -0.1) is 0 Å². The molecule has 2 aliphatic rings. The number of carbonyl (C=O) groups excluding carboxylic acids is 1. The number of pyridine rings is 2. The van der Waals surface area contributed by atoms with Gasteiger partial charge in [0, 0.05) is 22.9 Å². The summed E-state index contributed by atoms with van der Waals surface area (Å²) in [5.41, 5.74) is 1.63. The second kappa shape index (κ2) is 6.88. The van der Waals surface area contributed by atoms with Crippen molar-refractivity contribution in [1.82, 2.24) is 9.55 Å². The van der Waals surface area contributed by atoms with Crippen LogP contribution in [0.5, 0.6) is 5.75 Å². The first kappa shape index (κ1) is 19.7. The summed E-state index contributed by atoms with van der Waals surface area (Å²) in [6, 6.07) is 7.22. The van der Waals surface area contributed by atoms with Crippen LogP contribution in [0.3, 0.4) is 0 Å². The van der Waals surface area contributed by atoms with Crippen LogP contribution in [0.2, 0.25) is 0 Å². The van der Waals surface area contributed by atoms with Crippen molar-refractivity contribution in [2.24, 2.45) is 0 Å². The van der Waals surface area contributed by atoms with Gasteiger partial charge in [-0.1, -0.05) is 6.92 Å². The van der Waals surface area contributed by atoms with Gasteiger partial charge >= 0.3 is 5.97 Å². The Labute approximate surface area is 177 Å². The highest BCUT2D eigenvalue weighted by molar-refractivity contribution is 5.90. The van der Waals surface area contributed by atoms with Crippen LogP contribution in [0.15, 0.2) is 29.1 Å². The lowest BCUT2D eigenvalue weighted by Gasteiger charge is -2.31. The molecule has 160 valence electrons. The topological polar surface area (TPSA) is 90.6 Å². The first-order chi connectivity index (χ1) is 14.9. The third kappa shape index (κ3) is 2.64. The van der Waals surface area contributed by atoms with Crippen LogP contribution in [-0.2, 0) is 34.7 Å². The van der Waals surface area contributed by atoms with Crippen molar-refractivity contribution in [3.63, 3.8) is 0 Å². The van der Waals surface area contributed by atoms with E-state index in [0.29, 0.717) is 17.9 Å². The van der Waals surface area contributed by atoms with Gasteiger partial charge in [0.15, 0.2) is 5.60 Å². The fraction of sp³-hybridized carbons (Fsp3) is 0.348. The minimum atomic E-state index is -2.18. The molecule has 3 aromatic rings. The van der Waals surface area contributed by atoms with Crippen molar-refractivity contribution in [2.75, 3.05) is 13.8 Å². The maximum Gasteiger partial charge on any atom is 0.343 e. The molecular formula is C23H21FN2O5. The summed E-state index contributed by atoms with van der Waals surface area (Å²) in [6.45, 7) is 1.20. The summed E-state index contributed by atoms with van der Waals surface area (Å²) in [7, 11) is 1.61. The number of cyclic esters (lactones) is 1. The van der Waals surface area contributed by atoms with E-state index in [1.165, 1.54) is 0 Å². The van der Waals surface area contributed by atoms with Crippen molar-refractivity contribution in [1.29, 1.82) is 0 Å². The normalized spacial score (nSPS) is 19.0. The average molecular weight is 424 g/mol. The maximum absolute atomic E-state index is 13.3. The molecule has 1 atom stereocenters. The molecule has 0 aliphatic carbocycles. The zero-order chi connectivity index (χ0) is 21.9. The molecule has 1 aromatic carbocycles. The number of nitrogens with zero attached hydrogens (tertiary/aromatic N) is 2. The highest BCUT2D eigenvalue weighted by atomic mass is 19.1. The van der Waals surface area contributed by atoms with E-state index in [0.717, 1.165) is 34.2 Å². The van der Waals surface area contributed by atoms with Gasteiger partial charge in [-0.05, 0) is 36.2 Å². The quantitative estimate of drug-likeness (QED) is 0.507. The lowest BCUT2D eigenvalue weighted by molar-refractivity contribution is -0.173. The fourth-order valence-corrected chi connectivity index (χ4v) is 4.71. The molecule has 1 N–H and O–H groups in total. The predicted molar refractivity (Wildman–Crippen MR) is 111 cm³/mol. The number of aryl methyl sites for hydroxylation is 1. The van der Waals surface area contributed by atoms with E-state index in [9.17, 15) is 19.1 Å². The Balaban J connectivity index is 1.79. The van der Waals surface area contributed by atoms with Gasteiger partial charge in [-0.3, -0.25) is 9.18 Å². The van der Waals surface area contributed by atoms with E-state index >= 15 is 0 Å². The molecule has 0 saturated carbocycles. The first-order valence-corrected chi connectivity index (χ1v) is 10.2. The van der Waals surface area contributed by atoms with Crippen LogP contribution < -0.4 is 10.3 Å². The van der Waals surface area contributed by atoms with Gasteiger partial charge in [0.05, 0.1) is 42.8 Å². The largest absolute Gasteiger partial charge is 0.497 e. The molecule has 0 spiro atoms. The summed E-state index contributed by atoms with van der Waals surface area (Å²) in [4.78, 5) is 30.4. The second-order valence-corrected chi connectivity index (χ2v) is 7.84. The summed E-state index contributed by atoms with van der Waals surface area (Å²) in [5.74, 6) is -0.216. The number of hydrogen-bond acceptors (Lipinski definition) is 6. The van der Waals surface area contributed by atoms with Gasteiger partial charge in [-0.2, -0.15) is 0 Å². The third-order valence-electron chi connectivity index (χ3n) is 6.31. The van der Waals surface area contributed by atoms with Gasteiger partial charge in [0.25, 0.3) is 5.56 Å². The van der Waals surface area contributed by atoms with E-state index < -0.39 is 24.7 Å². The molecule has 2 aliphatic heterocycles. The van der Waals surface area contributed by atoms with E-state index in [2.05, 4.69) is 0 Å². The third-order valence-corrected chi connectivity index (χ3v) is 6.31. The molecule has 0 fully saturated rings. The number of methoxy groups -OCH3 is 1. The van der Waals surface area contributed by atoms with E-state index in [1.807, 2.05) is 25.1 Å². The van der Waals surface area contributed by atoms with Crippen molar-refractivity contribution in [3.8, 4) is 17.1 Å². The van der Waals surface area contributed by atoms with E-state index in [4.69, 9.17) is 14.5 Å².